The number of imidazole rings is 1. The van der Waals surface area contributed by atoms with E-state index >= 15 is 0 Å². The van der Waals surface area contributed by atoms with Gasteiger partial charge in [0.25, 0.3) is 5.91 Å². The van der Waals surface area contributed by atoms with Crippen LogP contribution in [0.3, 0.4) is 0 Å². The molecule has 1 aliphatic rings. The number of hydrogen-bond donors (Lipinski definition) is 2. The van der Waals surface area contributed by atoms with Gasteiger partial charge < -0.3 is 19.9 Å². The average Bonchev–Trinajstić information content (AvgIpc) is 3.14. The number of benzene rings is 1. The van der Waals surface area contributed by atoms with Crippen LogP contribution in [-0.2, 0) is 4.74 Å². The molecule has 0 unspecified atom stereocenters. The van der Waals surface area contributed by atoms with Gasteiger partial charge in [-0.3, -0.25) is 9.78 Å². The van der Waals surface area contributed by atoms with E-state index in [0.29, 0.717) is 25.3 Å². The zero-order chi connectivity index (χ0) is 18.1. The number of carbonyl (C=O) groups excluding carboxylic acids is 1. The number of aromatic nitrogens is 3. The molecule has 7 nitrogen and oxygen atoms in total. The highest BCUT2D eigenvalue weighted by molar-refractivity contribution is 5.97. The summed E-state index contributed by atoms with van der Waals surface area (Å²) in [5.74, 6) is -0.00343. The van der Waals surface area contributed by atoms with E-state index in [1.807, 2.05) is 49.2 Å². The normalized spacial score (nSPS) is 17.5. The molecule has 1 amide bonds. The standard InChI is InChI=1S/C19H21N5O2/c1-12-7-14(20-2)9-17(23-12)18-10-24(5-6-26-18)19(25)13-3-4-15-16(8-13)22-11-21-15/h3-4,7-9,11,18H,5-6,10H2,1-2H3,(H,20,23)(H,21,22)/t18-/m1/s1. The molecule has 2 aromatic heterocycles. The summed E-state index contributed by atoms with van der Waals surface area (Å²) < 4.78 is 5.89. The molecule has 7 heteroatoms. The van der Waals surface area contributed by atoms with E-state index < -0.39 is 0 Å². The van der Waals surface area contributed by atoms with Crippen molar-refractivity contribution in [2.45, 2.75) is 13.0 Å². The number of carbonyl (C=O) groups is 1. The van der Waals surface area contributed by atoms with E-state index in [-0.39, 0.29) is 12.0 Å². The lowest BCUT2D eigenvalue weighted by atomic mass is 10.1. The topological polar surface area (TPSA) is 83.1 Å². The maximum absolute atomic E-state index is 12.9. The lowest BCUT2D eigenvalue weighted by molar-refractivity contribution is -0.0247. The molecule has 26 heavy (non-hydrogen) atoms. The first-order chi connectivity index (χ1) is 12.6. The predicted molar refractivity (Wildman–Crippen MR) is 99.2 cm³/mol. The van der Waals surface area contributed by atoms with Gasteiger partial charge in [0, 0.05) is 30.5 Å². The van der Waals surface area contributed by atoms with Crippen molar-refractivity contribution in [1.29, 1.82) is 0 Å². The van der Waals surface area contributed by atoms with Crippen LogP contribution in [0, 0.1) is 6.92 Å². The van der Waals surface area contributed by atoms with E-state index in [9.17, 15) is 4.79 Å². The second-order valence-electron chi connectivity index (χ2n) is 6.42. The Morgan fingerprint density at radius 3 is 3.08 bits per heavy atom. The average molecular weight is 351 g/mol. The minimum atomic E-state index is -0.226. The summed E-state index contributed by atoms with van der Waals surface area (Å²) in [4.78, 5) is 26.6. The first-order valence-electron chi connectivity index (χ1n) is 8.64. The van der Waals surface area contributed by atoms with Crippen LogP contribution in [0.15, 0.2) is 36.7 Å². The lowest BCUT2D eigenvalue weighted by Gasteiger charge is -2.33. The number of nitrogens with zero attached hydrogens (tertiary/aromatic N) is 3. The van der Waals surface area contributed by atoms with Gasteiger partial charge in [-0.15, -0.1) is 0 Å². The quantitative estimate of drug-likeness (QED) is 0.758. The summed E-state index contributed by atoms with van der Waals surface area (Å²) in [5.41, 5.74) is 5.11. The number of hydrogen-bond acceptors (Lipinski definition) is 5. The monoisotopic (exact) mass is 351 g/mol. The molecule has 0 radical (unpaired) electrons. The first-order valence-corrected chi connectivity index (χ1v) is 8.64. The van der Waals surface area contributed by atoms with Crippen LogP contribution < -0.4 is 5.32 Å². The van der Waals surface area contributed by atoms with Crippen LogP contribution >= 0.6 is 0 Å². The Balaban J connectivity index is 1.56. The highest BCUT2D eigenvalue weighted by Gasteiger charge is 2.27. The fraction of sp³-hybridized carbons (Fsp3) is 0.316. The molecule has 1 aliphatic heterocycles. The Morgan fingerprint density at radius 2 is 2.23 bits per heavy atom. The number of morpholine rings is 1. The SMILES string of the molecule is CNc1cc(C)nc([C@H]2CN(C(=O)c3ccc4nc[nH]c4c3)CCO2)c1. The number of aromatic amines is 1. The molecule has 1 aromatic carbocycles. The van der Waals surface area contributed by atoms with Crippen LogP contribution in [0.4, 0.5) is 5.69 Å². The van der Waals surface area contributed by atoms with Gasteiger partial charge in [0.05, 0.1) is 36.2 Å². The van der Waals surface area contributed by atoms with Crippen molar-refractivity contribution in [2.75, 3.05) is 32.1 Å². The smallest absolute Gasteiger partial charge is 0.254 e. The molecule has 0 spiro atoms. The van der Waals surface area contributed by atoms with Crippen molar-refractivity contribution in [2.24, 2.45) is 0 Å². The van der Waals surface area contributed by atoms with Gasteiger partial charge in [0.1, 0.15) is 6.10 Å². The lowest BCUT2D eigenvalue weighted by Crippen LogP contribution is -2.42. The molecule has 134 valence electrons. The van der Waals surface area contributed by atoms with Crippen LogP contribution in [0.2, 0.25) is 0 Å². The number of aryl methyl sites for hydroxylation is 1. The Hall–Kier alpha value is -2.93. The Labute approximate surface area is 151 Å². The zero-order valence-electron chi connectivity index (χ0n) is 14.8. The molecular formula is C19H21N5O2. The van der Waals surface area contributed by atoms with Crippen molar-refractivity contribution >= 4 is 22.6 Å². The summed E-state index contributed by atoms with van der Waals surface area (Å²) in [6.07, 6.45) is 1.41. The molecule has 3 aromatic rings. The third-order valence-corrected chi connectivity index (χ3v) is 4.61. The number of amides is 1. The van der Waals surface area contributed by atoms with Crippen molar-refractivity contribution < 1.29 is 9.53 Å². The molecule has 3 heterocycles. The Bertz CT molecular complexity index is 952. The molecular weight excluding hydrogens is 330 g/mol. The fourth-order valence-electron chi connectivity index (χ4n) is 3.27. The number of pyridine rings is 1. The summed E-state index contributed by atoms with van der Waals surface area (Å²) in [5, 5.41) is 3.14. The summed E-state index contributed by atoms with van der Waals surface area (Å²) in [7, 11) is 1.88. The fourth-order valence-corrected chi connectivity index (χ4v) is 3.27. The Morgan fingerprint density at radius 1 is 1.35 bits per heavy atom. The first kappa shape index (κ1) is 16.5. The Kier molecular flexibility index (Phi) is 4.30. The van der Waals surface area contributed by atoms with Crippen molar-refractivity contribution in [3.8, 4) is 0 Å². The van der Waals surface area contributed by atoms with Gasteiger partial charge in [-0.25, -0.2) is 4.98 Å². The number of nitrogens with one attached hydrogen (secondary N) is 2. The largest absolute Gasteiger partial charge is 0.388 e. The van der Waals surface area contributed by atoms with Crippen molar-refractivity contribution in [3.05, 3.63) is 53.6 Å². The maximum Gasteiger partial charge on any atom is 0.254 e. The van der Waals surface area contributed by atoms with E-state index in [4.69, 9.17) is 4.74 Å². The van der Waals surface area contributed by atoms with E-state index in [0.717, 1.165) is 28.1 Å². The number of H-pyrrole nitrogens is 1. The molecule has 4 rings (SSSR count). The summed E-state index contributed by atoms with van der Waals surface area (Å²) in [6.45, 7) is 3.50. The minimum Gasteiger partial charge on any atom is -0.388 e. The molecule has 0 bridgehead atoms. The molecule has 1 fully saturated rings. The van der Waals surface area contributed by atoms with Crippen LogP contribution in [0.25, 0.3) is 11.0 Å². The molecule has 2 N–H and O–H groups in total. The van der Waals surface area contributed by atoms with Gasteiger partial charge in [-0.1, -0.05) is 0 Å². The van der Waals surface area contributed by atoms with E-state index in [2.05, 4.69) is 20.3 Å². The van der Waals surface area contributed by atoms with Crippen molar-refractivity contribution in [1.82, 2.24) is 19.9 Å². The summed E-state index contributed by atoms with van der Waals surface area (Å²) >= 11 is 0. The number of anilines is 1. The molecule has 1 atom stereocenters. The van der Waals surface area contributed by atoms with Gasteiger partial charge >= 0.3 is 0 Å². The van der Waals surface area contributed by atoms with Gasteiger partial charge in [-0.2, -0.15) is 0 Å². The number of rotatable bonds is 3. The zero-order valence-corrected chi connectivity index (χ0v) is 14.8. The van der Waals surface area contributed by atoms with Gasteiger partial charge in [0.15, 0.2) is 0 Å². The van der Waals surface area contributed by atoms with Crippen LogP contribution in [0.5, 0.6) is 0 Å². The number of fused-ring (bicyclic) bond motifs is 1. The van der Waals surface area contributed by atoms with Gasteiger partial charge in [0.2, 0.25) is 0 Å². The highest BCUT2D eigenvalue weighted by atomic mass is 16.5. The van der Waals surface area contributed by atoms with E-state index in [1.165, 1.54) is 0 Å². The van der Waals surface area contributed by atoms with Crippen LogP contribution in [0.1, 0.15) is 27.8 Å². The van der Waals surface area contributed by atoms with E-state index in [1.54, 1.807) is 6.33 Å². The van der Waals surface area contributed by atoms with Crippen molar-refractivity contribution in [3.63, 3.8) is 0 Å². The summed E-state index contributed by atoms with van der Waals surface area (Å²) in [6, 6.07) is 9.48. The van der Waals surface area contributed by atoms with Gasteiger partial charge in [-0.05, 0) is 37.3 Å². The molecule has 0 saturated carbocycles. The number of ether oxygens (including phenoxy) is 1. The predicted octanol–water partition coefficient (Wildman–Crippen LogP) is 2.52. The highest BCUT2D eigenvalue weighted by Crippen LogP contribution is 2.25. The second-order valence-corrected chi connectivity index (χ2v) is 6.42. The van der Waals surface area contributed by atoms with Crippen LogP contribution in [-0.4, -0.2) is 52.5 Å². The third-order valence-electron chi connectivity index (χ3n) is 4.61. The molecule has 1 saturated heterocycles. The maximum atomic E-state index is 12.9. The molecule has 0 aliphatic carbocycles. The second kappa shape index (κ2) is 6.76. The third kappa shape index (κ3) is 3.13. The minimum absolute atomic E-state index is 0.00343.